The maximum atomic E-state index is 12.0. The number of fused-ring (bicyclic) bond motifs is 1. The number of amides is 1. The SMILES string of the molecule is CSC1C(=O)Nc2c(C)cc(-c3ccccc3C)cc21. The molecule has 1 aliphatic rings. The summed E-state index contributed by atoms with van der Waals surface area (Å²) in [4.78, 5) is 12.0. The average Bonchev–Trinajstić information content (AvgIpc) is 2.75. The molecule has 1 atom stereocenters. The van der Waals surface area contributed by atoms with Crippen LogP contribution in [0.2, 0.25) is 0 Å². The standard InChI is InChI=1S/C17H17NOS/c1-10-6-4-5-7-13(10)12-8-11(2)15-14(9-12)16(20-3)17(19)18-15/h4-9,16H,1-3H3,(H,18,19). The van der Waals surface area contributed by atoms with E-state index in [1.54, 1.807) is 11.8 Å². The van der Waals surface area contributed by atoms with Gasteiger partial charge in [-0.25, -0.2) is 0 Å². The number of hydrogen-bond acceptors (Lipinski definition) is 2. The van der Waals surface area contributed by atoms with Gasteiger partial charge in [-0.05, 0) is 60.1 Å². The first-order valence-electron chi connectivity index (χ1n) is 6.66. The second-order valence-corrected chi connectivity index (χ2v) is 6.12. The maximum Gasteiger partial charge on any atom is 0.242 e. The lowest BCUT2D eigenvalue weighted by Crippen LogP contribution is -2.08. The van der Waals surface area contributed by atoms with Crippen LogP contribution in [0.25, 0.3) is 11.1 Å². The molecule has 1 heterocycles. The lowest BCUT2D eigenvalue weighted by atomic mass is 9.95. The van der Waals surface area contributed by atoms with Crippen LogP contribution < -0.4 is 5.32 Å². The van der Waals surface area contributed by atoms with Crippen molar-refractivity contribution in [2.75, 3.05) is 11.6 Å². The van der Waals surface area contributed by atoms with E-state index in [-0.39, 0.29) is 11.2 Å². The Balaban J connectivity index is 2.18. The van der Waals surface area contributed by atoms with Gasteiger partial charge >= 0.3 is 0 Å². The van der Waals surface area contributed by atoms with Crippen molar-refractivity contribution in [3.8, 4) is 11.1 Å². The average molecular weight is 283 g/mol. The molecule has 0 radical (unpaired) electrons. The molecule has 1 aliphatic heterocycles. The number of aryl methyl sites for hydroxylation is 2. The van der Waals surface area contributed by atoms with Crippen molar-refractivity contribution in [1.29, 1.82) is 0 Å². The van der Waals surface area contributed by atoms with Gasteiger partial charge in [0.15, 0.2) is 0 Å². The number of carbonyl (C=O) groups is 1. The fourth-order valence-electron chi connectivity index (χ4n) is 2.81. The van der Waals surface area contributed by atoms with Crippen molar-refractivity contribution in [2.24, 2.45) is 0 Å². The summed E-state index contributed by atoms with van der Waals surface area (Å²) >= 11 is 1.59. The number of benzene rings is 2. The van der Waals surface area contributed by atoms with Crippen LogP contribution in [0.5, 0.6) is 0 Å². The first-order valence-corrected chi connectivity index (χ1v) is 7.95. The summed E-state index contributed by atoms with van der Waals surface area (Å²) in [5, 5.41) is 2.91. The molecule has 0 saturated carbocycles. The molecule has 0 spiro atoms. The van der Waals surface area contributed by atoms with E-state index in [1.165, 1.54) is 16.7 Å². The first-order chi connectivity index (χ1) is 9.61. The fourth-order valence-corrected chi connectivity index (χ4v) is 3.52. The van der Waals surface area contributed by atoms with Crippen LogP contribution in [0, 0.1) is 13.8 Å². The molecule has 2 nitrogen and oxygen atoms in total. The lowest BCUT2D eigenvalue weighted by molar-refractivity contribution is -0.115. The molecule has 1 N–H and O–H groups in total. The molecule has 102 valence electrons. The number of anilines is 1. The topological polar surface area (TPSA) is 29.1 Å². The Morgan fingerprint density at radius 2 is 1.85 bits per heavy atom. The van der Waals surface area contributed by atoms with Crippen molar-refractivity contribution in [3.63, 3.8) is 0 Å². The second-order valence-electron chi connectivity index (χ2n) is 5.18. The Morgan fingerprint density at radius 3 is 2.55 bits per heavy atom. The van der Waals surface area contributed by atoms with E-state index in [0.717, 1.165) is 16.8 Å². The van der Waals surface area contributed by atoms with Crippen molar-refractivity contribution in [1.82, 2.24) is 0 Å². The van der Waals surface area contributed by atoms with E-state index in [1.807, 2.05) is 6.26 Å². The largest absolute Gasteiger partial charge is 0.324 e. The molecule has 20 heavy (non-hydrogen) atoms. The van der Waals surface area contributed by atoms with Gasteiger partial charge in [-0.3, -0.25) is 4.79 Å². The quantitative estimate of drug-likeness (QED) is 0.889. The second kappa shape index (κ2) is 4.98. The molecule has 0 saturated heterocycles. The van der Waals surface area contributed by atoms with Gasteiger partial charge in [0.2, 0.25) is 5.91 Å². The highest BCUT2D eigenvalue weighted by Gasteiger charge is 2.31. The van der Waals surface area contributed by atoms with E-state index >= 15 is 0 Å². The third kappa shape index (κ3) is 2.02. The van der Waals surface area contributed by atoms with E-state index in [0.29, 0.717) is 0 Å². The summed E-state index contributed by atoms with van der Waals surface area (Å²) in [6.07, 6.45) is 1.98. The summed E-state index contributed by atoms with van der Waals surface area (Å²) in [6.45, 7) is 4.18. The van der Waals surface area contributed by atoms with E-state index in [9.17, 15) is 4.79 Å². The number of nitrogens with one attached hydrogen (secondary N) is 1. The van der Waals surface area contributed by atoms with Crippen molar-refractivity contribution in [2.45, 2.75) is 19.1 Å². The van der Waals surface area contributed by atoms with Gasteiger partial charge in [-0.1, -0.05) is 24.3 Å². The van der Waals surface area contributed by atoms with Gasteiger partial charge in [0.1, 0.15) is 5.25 Å². The van der Waals surface area contributed by atoms with Crippen LogP contribution in [0.3, 0.4) is 0 Å². The van der Waals surface area contributed by atoms with Gasteiger partial charge in [0.05, 0.1) is 0 Å². The highest BCUT2D eigenvalue weighted by Crippen LogP contribution is 2.43. The zero-order chi connectivity index (χ0) is 14.3. The number of carbonyl (C=O) groups excluding carboxylic acids is 1. The summed E-state index contributed by atoms with van der Waals surface area (Å²) in [5.41, 5.74) is 6.91. The lowest BCUT2D eigenvalue weighted by Gasteiger charge is -2.12. The molecule has 2 aromatic carbocycles. The van der Waals surface area contributed by atoms with E-state index < -0.39 is 0 Å². The Labute approximate surface area is 123 Å². The number of rotatable bonds is 2. The fraction of sp³-hybridized carbons (Fsp3) is 0.235. The summed E-state index contributed by atoms with van der Waals surface area (Å²) in [5.74, 6) is 0.0949. The molecule has 0 aliphatic carbocycles. The van der Waals surface area contributed by atoms with Gasteiger partial charge in [0, 0.05) is 5.69 Å². The summed E-state index contributed by atoms with van der Waals surface area (Å²) in [7, 11) is 0. The Kier molecular flexibility index (Phi) is 3.30. The molecule has 0 aromatic heterocycles. The van der Waals surface area contributed by atoms with Crippen LogP contribution in [0.15, 0.2) is 36.4 Å². The zero-order valence-electron chi connectivity index (χ0n) is 11.9. The summed E-state index contributed by atoms with van der Waals surface area (Å²) < 4.78 is 0. The Hall–Kier alpha value is -1.74. The molecule has 3 heteroatoms. The molecular formula is C17H17NOS. The Bertz CT molecular complexity index is 693. The molecule has 3 rings (SSSR count). The predicted octanol–water partition coefficient (Wildman–Crippen LogP) is 4.33. The van der Waals surface area contributed by atoms with Crippen molar-refractivity contribution in [3.05, 3.63) is 53.1 Å². The zero-order valence-corrected chi connectivity index (χ0v) is 12.7. The number of hydrogen-bond donors (Lipinski definition) is 1. The van der Waals surface area contributed by atoms with Gasteiger partial charge < -0.3 is 5.32 Å². The predicted molar refractivity (Wildman–Crippen MR) is 86.2 cm³/mol. The molecule has 0 bridgehead atoms. The molecule has 1 amide bonds. The molecular weight excluding hydrogens is 266 g/mol. The van der Waals surface area contributed by atoms with Crippen LogP contribution in [-0.2, 0) is 4.79 Å². The molecule has 2 aromatic rings. The molecule has 1 unspecified atom stereocenters. The van der Waals surface area contributed by atoms with Crippen molar-refractivity contribution >= 4 is 23.4 Å². The van der Waals surface area contributed by atoms with Crippen LogP contribution in [-0.4, -0.2) is 12.2 Å². The molecule has 0 fully saturated rings. The van der Waals surface area contributed by atoms with Crippen LogP contribution >= 0.6 is 11.8 Å². The minimum atomic E-state index is -0.0901. The van der Waals surface area contributed by atoms with Crippen LogP contribution in [0.4, 0.5) is 5.69 Å². The third-order valence-corrected chi connectivity index (χ3v) is 4.77. The Morgan fingerprint density at radius 1 is 1.10 bits per heavy atom. The minimum Gasteiger partial charge on any atom is -0.324 e. The van der Waals surface area contributed by atoms with Crippen molar-refractivity contribution < 1.29 is 4.79 Å². The maximum absolute atomic E-state index is 12.0. The van der Waals surface area contributed by atoms with E-state index in [2.05, 4.69) is 55.6 Å². The monoisotopic (exact) mass is 283 g/mol. The van der Waals surface area contributed by atoms with Crippen LogP contribution in [0.1, 0.15) is 21.9 Å². The first kappa shape index (κ1) is 13.3. The highest BCUT2D eigenvalue weighted by molar-refractivity contribution is 7.99. The van der Waals surface area contributed by atoms with Gasteiger partial charge in [-0.15, -0.1) is 11.8 Å². The number of thioether (sulfide) groups is 1. The minimum absolute atomic E-state index is 0.0901. The van der Waals surface area contributed by atoms with E-state index in [4.69, 9.17) is 0 Å². The third-order valence-electron chi connectivity index (χ3n) is 3.83. The normalized spacial score (nSPS) is 16.9. The van der Waals surface area contributed by atoms with Gasteiger partial charge in [0.25, 0.3) is 0 Å². The highest BCUT2D eigenvalue weighted by atomic mass is 32.2. The summed E-state index contributed by atoms with van der Waals surface area (Å²) in [6, 6.07) is 12.7. The van der Waals surface area contributed by atoms with Gasteiger partial charge in [-0.2, -0.15) is 0 Å². The smallest absolute Gasteiger partial charge is 0.242 e.